The van der Waals surface area contributed by atoms with Crippen LogP contribution in [0.25, 0.3) is 11.3 Å². The Balaban J connectivity index is 1.54. The molecule has 4 rings (SSSR count). The molecule has 0 amide bonds. The molecule has 2 N–H and O–H groups in total. The number of pyridine rings is 1. The second-order valence-corrected chi connectivity index (χ2v) is 9.14. The Labute approximate surface area is 200 Å². The van der Waals surface area contributed by atoms with Crippen LogP contribution in [0.15, 0.2) is 35.1 Å². The lowest BCUT2D eigenvalue weighted by molar-refractivity contribution is -0.193. The summed E-state index contributed by atoms with van der Waals surface area (Å²) < 4.78 is 41.0. The predicted octanol–water partition coefficient (Wildman–Crippen LogP) is 3.67. The summed E-state index contributed by atoms with van der Waals surface area (Å²) in [5.41, 5.74) is 1.21. The molecule has 1 aromatic heterocycles. The van der Waals surface area contributed by atoms with E-state index in [0.29, 0.717) is 41.1 Å². The molecule has 2 aromatic rings. The van der Waals surface area contributed by atoms with Gasteiger partial charge in [0.15, 0.2) is 0 Å². The highest BCUT2D eigenvalue weighted by Crippen LogP contribution is 2.38. The molecule has 0 radical (unpaired) electrons. The minimum atomic E-state index is -5.33. The highest BCUT2D eigenvalue weighted by Gasteiger charge is 2.43. The van der Waals surface area contributed by atoms with Crippen molar-refractivity contribution in [1.82, 2.24) is 10.3 Å². The fourth-order valence-corrected chi connectivity index (χ4v) is 5.34. The number of H-pyrrole nitrogens is 1. The van der Waals surface area contributed by atoms with Gasteiger partial charge in [0.25, 0.3) is 5.56 Å². The van der Waals surface area contributed by atoms with Crippen LogP contribution in [0.2, 0.25) is 0 Å². The quantitative estimate of drug-likeness (QED) is 0.490. The van der Waals surface area contributed by atoms with E-state index in [1.165, 1.54) is 25.3 Å². The van der Waals surface area contributed by atoms with Gasteiger partial charge in [-0.05, 0) is 67.5 Å². The van der Waals surface area contributed by atoms with E-state index in [0.717, 1.165) is 18.8 Å². The molecule has 7 nitrogen and oxygen atoms in total. The Hall–Kier alpha value is -3.14. The van der Waals surface area contributed by atoms with Gasteiger partial charge in [0.05, 0.1) is 5.69 Å². The van der Waals surface area contributed by atoms with E-state index in [4.69, 9.17) is 0 Å². The minimum absolute atomic E-state index is 0.391. The second kappa shape index (κ2) is 9.85. The number of nitrogens with zero attached hydrogens (tertiary/aromatic N) is 1. The Morgan fingerprint density at radius 3 is 2.51 bits per heavy atom. The Morgan fingerprint density at radius 2 is 1.89 bits per heavy atom. The summed E-state index contributed by atoms with van der Waals surface area (Å²) in [4.78, 5) is 40.4. The average molecular weight is 492 g/mol. The molecule has 2 fully saturated rings. The van der Waals surface area contributed by atoms with Crippen LogP contribution in [0.5, 0.6) is 0 Å². The van der Waals surface area contributed by atoms with Crippen LogP contribution < -0.4 is 15.8 Å². The highest BCUT2D eigenvalue weighted by atomic mass is 19.4. The number of benzene rings is 1. The van der Waals surface area contributed by atoms with Crippen molar-refractivity contribution in [3.8, 4) is 11.3 Å². The SMILES string of the molecule is CCc1cc(C(=O)OC(=O)C(F)(F)F)c(=O)[nH]c1-c1ccc(N2C[C@@H]3CCC[C@@H](NC)[C@H]3C2)cc1. The van der Waals surface area contributed by atoms with Crippen molar-refractivity contribution in [2.24, 2.45) is 11.8 Å². The number of anilines is 1. The van der Waals surface area contributed by atoms with E-state index in [-0.39, 0.29) is 0 Å². The van der Waals surface area contributed by atoms with Gasteiger partial charge < -0.3 is 19.9 Å². The first-order valence-electron chi connectivity index (χ1n) is 11.7. The van der Waals surface area contributed by atoms with Gasteiger partial charge in [-0.25, -0.2) is 9.59 Å². The zero-order valence-corrected chi connectivity index (χ0v) is 19.6. The zero-order chi connectivity index (χ0) is 25.3. The van der Waals surface area contributed by atoms with Crippen molar-refractivity contribution in [2.45, 2.75) is 44.8 Å². The van der Waals surface area contributed by atoms with Gasteiger partial charge in [-0.1, -0.05) is 25.5 Å². The van der Waals surface area contributed by atoms with Crippen LogP contribution >= 0.6 is 0 Å². The molecule has 188 valence electrons. The fraction of sp³-hybridized carbons (Fsp3) is 0.480. The number of halogens is 3. The molecule has 0 bridgehead atoms. The minimum Gasteiger partial charge on any atom is -0.382 e. The molecular weight excluding hydrogens is 463 g/mol. The van der Waals surface area contributed by atoms with Crippen LogP contribution in [-0.2, 0) is 16.0 Å². The number of alkyl halides is 3. The third-order valence-corrected chi connectivity index (χ3v) is 7.13. The highest BCUT2D eigenvalue weighted by molar-refractivity contribution is 5.98. The van der Waals surface area contributed by atoms with E-state index < -0.39 is 29.2 Å². The number of aromatic nitrogens is 1. The van der Waals surface area contributed by atoms with Crippen molar-refractivity contribution in [3.05, 3.63) is 51.8 Å². The fourth-order valence-electron chi connectivity index (χ4n) is 5.34. The van der Waals surface area contributed by atoms with Crippen LogP contribution in [-0.4, -0.2) is 49.3 Å². The largest absolute Gasteiger partial charge is 0.491 e. The number of esters is 2. The van der Waals surface area contributed by atoms with E-state index in [2.05, 4.69) is 19.9 Å². The molecule has 0 spiro atoms. The lowest BCUT2D eigenvalue weighted by Gasteiger charge is -2.32. The molecule has 0 unspecified atom stereocenters. The lowest BCUT2D eigenvalue weighted by Crippen LogP contribution is -2.40. The molecule has 1 aromatic carbocycles. The maximum absolute atomic E-state index is 12.5. The number of aromatic amines is 1. The summed E-state index contributed by atoms with van der Waals surface area (Å²) in [5, 5.41) is 3.46. The summed E-state index contributed by atoms with van der Waals surface area (Å²) in [6.45, 7) is 3.78. The Morgan fingerprint density at radius 1 is 1.17 bits per heavy atom. The van der Waals surface area contributed by atoms with E-state index in [9.17, 15) is 27.6 Å². The Kier molecular flexibility index (Phi) is 7.02. The van der Waals surface area contributed by atoms with Gasteiger partial charge in [-0.3, -0.25) is 4.79 Å². The van der Waals surface area contributed by atoms with Crippen molar-refractivity contribution in [1.29, 1.82) is 0 Å². The first kappa shape index (κ1) is 25.0. The molecule has 3 atom stereocenters. The van der Waals surface area contributed by atoms with Crippen LogP contribution in [0.3, 0.4) is 0 Å². The maximum Gasteiger partial charge on any atom is 0.491 e. The molecule has 1 saturated carbocycles. The number of ether oxygens (including phenoxy) is 1. The second-order valence-electron chi connectivity index (χ2n) is 9.14. The average Bonchev–Trinajstić information content (AvgIpc) is 3.28. The number of carbonyl (C=O) groups is 2. The number of rotatable bonds is 5. The van der Waals surface area contributed by atoms with E-state index in [1.54, 1.807) is 6.92 Å². The topological polar surface area (TPSA) is 91.5 Å². The monoisotopic (exact) mass is 491 g/mol. The molecule has 1 aliphatic heterocycles. The van der Waals surface area contributed by atoms with Gasteiger partial charge in [0.2, 0.25) is 0 Å². The van der Waals surface area contributed by atoms with E-state index >= 15 is 0 Å². The van der Waals surface area contributed by atoms with Crippen LogP contribution in [0.1, 0.15) is 42.1 Å². The number of fused-ring (bicyclic) bond motifs is 1. The van der Waals surface area contributed by atoms with Crippen molar-refractivity contribution >= 4 is 17.6 Å². The summed E-state index contributed by atoms with van der Waals surface area (Å²) in [6, 6.07) is 9.44. The van der Waals surface area contributed by atoms with Gasteiger partial charge in [0, 0.05) is 24.8 Å². The summed E-state index contributed by atoms with van der Waals surface area (Å²) in [5.74, 6) is -3.02. The van der Waals surface area contributed by atoms with E-state index in [1.807, 2.05) is 31.3 Å². The normalized spacial score (nSPS) is 22.1. The van der Waals surface area contributed by atoms with Gasteiger partial charge in [0.1, 0.15) is 5.56 Å². The smallest absolute Gasteiger partial charge is 0.382 e. The molecule has 2 heterocycles. The lowest BCUT2D eigenvalue weighted by atomic mass is 9.78. The van der Waals surface area contributed by atoms with Gasteiger partial charge in [-0.2, -0.15) is 13.2 Å². The van der Waals surface area contributed by atoms with Crippen LogP contribution in [0, 0.1) is 11.8 Å². The molecule has 1 aliphatic carbocycles. The van der Waals surface area contributed by atoms with Crippen molar-refractivity contribution in [2.75, 3.05) is 25.0 Å². The molecule has 10 heteroatoms. The number of hydrogen-bond acceptors (Lipinski definition) is 6. The third-order valence-electron chi connectivity index (χ3n) is 7.13. The van der Waals surface area contributed by atoms with Crippen molar-refractivity contribution < 1.29 is 27.5 Å². The standard InChI is InChI=1S/C25H28F3N3O4/c1-3-14-11-18(23(33)35-24(34)25(26,27)28)22(32)30-21(14)15-7-9-17(10-8-15)31-12-16-5-4-6-20(29-2)19(16)13-31/h7-11,16,19-20,29H,3-6,12-13H2,1-2H3,(H,30,32)/t16-,19-,20+/m0/s1. The third kappa shape index (κ3) is 5.12. The molecule has 35 heavy (non-hydrogen) atoms. The van der Waals surface area contributed by atoms with Gasteiger partial charge in [-0.15, -0.1) is 0 Å². The molecular formula is C25H28F3N3O4. The zero-order valence-electron chi connectivity index (χ0n) is 19.6. The number of nitrogens with one attached hydrogen (secondary N) is 2. The molecule has 2 aliphatic rings. The maximum atomic E-state index is 12.5. The summed E-state index contributed by atoms with van der Waals surface area (Å²) in [7, 11) is 2.02. The summed E-state index contributed by atoms with van der Waals surface area (Å²) in [6.07, 6.45) is -1.27. The predicted molar refractivity (Wildman–Crippen MR) is 124 cm³/mol. The Bertz CT molecular complexity index is 1160. The number of hydrogen-bond donors (Lipinski definition) is 2. The summed E-state index contributed by atoms with van der Waals surface area (Å²) >= 11 is 0. The number of aryl methyl sites for hydroxylation is 1. The molecule has 1 saturated heterocycles. The van der Waals surface area contributed by atoms with Crippen LogP contribution in [0.4, 0.5) is 18.9 Å². The first-order chi connectivity index (χ1) is 16.6. The number of carbonyl (C=O) groups excluding carboxylic acids is 2. The van der Waals surface area contributed by atoms with Crippen molar-refractivity contribution in [3.63, 3.8) is 0 Å². The van der Waals surface area contributed by atoms with Gasteiger partial charge >= 0.3 is 18.1 Å². The first-order valence-corrected chi connectivity index (χ1v) is 11.7.